The number of piperazine rings is 1. The van der Waals surface area contributed by atoms with E-state index < -0.39 is 0 Å². The number of β-amino-alcohol motifs (C(OH)–C–C–N with tert-alkyl or cyclic N) is 1. The number of rotatable bonds is 6. The molecule has 2 N–H and O–H groups in total. The average molecular weight is 305 g/mol. The van der Waals surface area contributed by atoms with Crippen LogP contribution < -0.4 is 5.32 Å². The fourth-order valence-corrected chi connectivity index (χ4v) is 2.91. The molecule has 2 rings (SSSR count). The second kappa shape index (κ2) is 8.27. The van der Waals surface area contributed by atoms with E-state index in [1.165, 1.54) is 0 Å². The predicted molar refractivity (Wildman–Crippen MR) is 87.6 cm³/mol. The molecule has 0 bridgehead atoms. The molecule has 1 aromatic carbocycles. The summed E-state index contributed by atoms with van der Waals surface area (Å²) < 4.78 is 0. The molecule has 122 valence electrons. The van der Waals surface area contributed by atoms with E-state index in [0.717, 1.165) is 31.7 Å². The first-order valence-corrected chi connectivity index (χ1v) is 8.04. The second-order valence-corrected chi connectivity index (χ2v) is 6.08. The first-order valence-electron chi connectivity index (χ1n) is 8.04. The number of hydrogen-bond acceptors (Lipinski definition) is 4. The summed E-state index contributed by atoms with van der Waals surface area (Å²) in [7, 11) is 0. The van der Waals surface area contributed by atoms with Crippen LogP contribution in [-0.4, -0.2) is 66.2 Å². The Morgan fingerprint density at radius 1 is 1.18 bits per heavy atom. The molecular formula is C17H27N3O2. The molecule has 1 amide bonds. The van der Waals surface area contributed by atoms with Crippen molar-refractivity contribution in [3.05, 3.63) is 35.9 Å². The lowest BCUT2D eigenvalue weighted by atomic mass is 10.0. The van der Waals surface area contributed by atoms with E-state index in [1.54, 1.807) is 0 Å². The molecule has 5 nitrogen and oxygen atoms in total. The number of nitrogens with zero attached hydrogens (tertiary/aromatic N) is 2. The van der Waals surface area contributed by atoms with E-state index in [4.69, 9.17) is 5.11 Å². The lowest BCUT2D eigenvalue weighted by Crippen LogP contribution is -2.52. The topological polar surface area (TPSA) is 55.8 Å². The zero-order chi connectivity index (χ0) is 15.9. The molecule has 0 spiro atoms. The van der Waals surface area contributed by atoms with E-state index in [2.05, 4.69) is 15.1 Å². The number of aliphatic hydroxyl groups excluding tert-OH is 1. The molecule has 1 saturated heterocycles. The first-order chi connectivity index (χ1) is 10.6. The van der Waals surface area contributed by atoms with Crippen LogP contribution in [0, 0.1) is 0 Å². The number of aliphatic hydroxyl groups is 1. The fraction of sp³-hybridized carbons (Fsp3) is 0.588. The molecule has 5 heteroatoms. The van der Waals surface area contributed by atoms with Crippen LogP contribution in [0.15, 0.2) is 30.3 Å². The minimum Gasteiger partial charge on any atom is -0.395 e. The van der Waals surface area contributed by atoms with Crippen LogP contribution >= 0.6 is 0 Å². The summed E-state index contributed by atoms with van der Waals surface area (Å²) in [5.41, 5.74) is 1.04. The van der Waals surface area contributed by atoms with E-state index in [-0.39, 0.29) is 24.6 Å². The highest BCUT2D eigenvalue weighted by molar-refractivity contribution is 5.83. The number of nitrogens with one attached hydrogen (secondary N) is 1. The third-order valence-electron chi connectivity index (χ3n) is 3.98. The summed E-state index contributed by atoms with van der Waals surface area (Å²) in [4.78, 5) is 17.1. The van der Waals surface area contributed by atoms with Crippen molar-refractivity contribution in [3.8, 4) is 0 Å². The van der Waals surface area contributed by atoms with E-state index >= 15 is 0 Å². The molecule has 0 aliphatic carbocycles. The molecule has 1 aliphatic rings. The lowest BCUT2D eigenvalue weighted by Gasteiger charge is -2.38. The van der Waals surface area contributed by atoms with Crippen molar-refractivity contribution in [2.24, 2.45) is 0 Å². The number of carbonyl (C=O) groups is 1. The van der Waals surface area contributed by atoms with Crippen molar-refractivity contribution in [2.45, 2.75) is 25.9 Å². The van der Waals surface area contributed by atoms with Crippen LogP contribution in [0.3, 0.4) is 0 Å². The number of amides is 1. The smallest absolute Gasteiger partial charge is 0.242 e. The van der Waals surface area contributed by atoms with E-state index in [0.29, 0.717) is 6.54 Å². The lowest BCUT2D eigenvalue weighted by molar-refractivity contribution is -0.128. The Bertz CT molecular complexity index is 456. The summed E-state index contributed by atoms with van der Waals surface area (Å²) in [6, 6.07) is 9.87. The van der Waals surface area contributed by atoms with Gasteiger partial charge in [-0.15, -0.1) is 0 Å². The van der Waals surface area contributed by atoms with Gasteiger partial charge in [-0.05, 0) is 19.4 Å². The van der Waals surface area contributed by atoms with Crippen LogP contribution in [0.25, 0.3) is 0 Å². The Kier molecular flexibility index (Phi) is 6.36. The highest BCUT2D eigenvalue weighted by Crippen LogP contribution is 2.22. The van der Waals surface area contributed by atoms with Crippen LogP contribution in [0.4, 0.5) is 0 Å². The Morgan fingerprint density at radius 2 is 1.82 bits per heavy atom. The Balaban J connectivity index is 2.10. The number of benzene rings is 1. The van der Waals surface area contributed by atoms with Gasteiger partial charge in [0.15, 0.2) is 0 Å². The maximum atomic E-state index is 12.7. The minimum atomic E-state index is -0.236. The zero-order valence-corrected chi connectivity index (χ0v) is 13.5. The highest BCUT2D eigenvalue weighted by atomic mass is 16.3. The molecule has 0 aromatic heterocycles. The van der Waals surface area contributed by atoms with Crippen molar-refractivity contribution in [2.75, 3.05) is 39.3 Å². The normalized spacial score (nSPS) is 18.4. The second-order valence-electron chi connectivity index (χ2n) is 6.08. The van der Waals surface area contributed by atoms with Crippen LogP contribution in [0.5, 0.6) is 0 Å². The first kappa shape index (κ1) is 16.9. The van der Waals surface area contributed by atoms with Gasteiger partial charge in [-0.3, -0.25) is 14.6 Å². The molecule has 1 atom stereocenters. The van der Waals surface area contributed by atoms with Gasteiger partial charge in [-0.1, -0.05) is 30.3 Å². The van der Waals surface area contributed by atoms with Gasteiger partial charge in [0.2, 0.25) is 5.91 Å². The summed E-state index contributed by atoms with van der Waals surface area (Å²) in [5.74, 6) is 0.0665. The maximum absolute atomic E-state index is 12.7. The summed E-state index contributed by atoms with van der Waals surface area (Å²) in [5, 5.41) is 12.1. The SMILES string of the molecule is CC(C)NC(=O)[C@H](c1ccccc1)N1CCN(CCO)CC1. The minimum absolute atomic E-state index is 0.0665. The average Bonchev–Trinajstić information content (AvgIpc) is 2.50. The molecule has 1 aromatic rings. The van der Waals surface area contributed by atoms with Gasteiger partial charge in [-0.25, -0.2) is 0 Å². The quantitative estimate of drug-likeness (QED) is 0.818. The van der Waals surface area contributed by atoms with Gasteiger partial charge in [0.25, 0.3) is 0 Å². The third kappa shape index (κ3) is 4.53. The van der Waals surface area contributed by atoms with Gasteiger partial charge < -0.3 is 10.4 Å². The van der Waals surface area contributed by atoms with Crippen molar-refractivity contribution in [1.29, 1.82) is 0 Å². The summed E-state index contributed by atoms with van der Waals surface area (Å²) in [6.45, 7) is 8.32. The number of carbonyl (C=O) groups excluding carboxylic acids is 1. The number of hydrogen-bond donors (Lipinski definition) is 2. The van der Waals surface area contributed by atoms with E-state index in [1.807, 2.05) is 44.2 Å². The third-order valence-corrected chi connectivity index (χ3v) is 3.98. The highest BCUT2D eigenvalue weighted by Gasteiger charge is 2.30. The fourth-order valence-electron chi connectivity index (χ4n) is 2.91. The van der Waals surface area contributed by atoms with E-state index in [9.17, 15) is 4.79 Å². The van der Waals surface area contributed by atoms with Crippen molar-refractivity contribution in [1.82, 2.24) is 15.1 Å². The molecule has 0 radical (unpaired) electrons. The van der Waals surface area contributed by atoms with Gasteiger partial charge in [0.05, 0.1) is 6.61 Å². The van der Waals surface area contributed by atoms with Crippen LogP contribution in [-0.2, 0) is 4.79 Å². The van der Waals surface area contributed by atoms with Gasteiger partial charge in [0, 0.05) is 38.8 Å². The molecule has 22 heavy (non-hydrogen) atoms. The predicted octanol–water partition coefficient (Wildman–Crippen LogP) is 0.862. The van der Waals surface area contributed by atoms with Crippen LogP contribution in [0.1, 0.15) is 25.5 Å². The van der Waals surface area contributed by atoms with Gasteiger partial charge in [-0.2, -0.15) is 0 Å². The molecule has 0 unspecified atom stereocenters. The van der Waals surface area contributed by atoms with Crippen molar-refractivity contribution in [3.63, 3.8) is 0 Å². The summed E-state index contributed by atoms with van der Waals surface area (Å²) in [6.07, 6.45) is 0. The largest absolute Gasteiger partial charge is 0.395 e. The molecule has 1 fully saturated rings. The van der Waals surface area contributed by atoms with Crippen molar-refractivity contribution < 1.29 is 9.90 Å². The summed E-state index contributed by atoms with van der Waals surface area (Å²) >= 11 is 0. The molecular weight excluding hydrogens is 278 g/mol. The maximum Gasteiger partial charge on any atom is 0.242 e. The van der Waals surface area contributed by atoms with Gasteiger partial charge >= 0.3 is 0 Å². The van der Waals surface area contributed by atoms with Crippen molar-refractivity contribution >= 4 is 5.91 Å². The Morgan fingerprint density at radius 3 is 2.36 bits per heavy atom. The van der Waals surface area contributed by atoms with Crippen LogP contribution in [0.2, 0.25) is 0 Å². The Labute approximate surface area is 132 Å². The molecule has 1 heterocycles. The molecule has 1 aliphatic heterocycles. The zero-order valence-electron chi connectivity index (χ0n) is 13.5. The van der Waals surface area contributed by atoms with Gasteiger partial charge in [0.1, 0.15) is 6.04 Å². The molecule has 0 saturated carbocycles. The Hall–Kier alpha value is -1.43. The standard InChI is InChI=1S/C17H27N3O2/c1-14(2)18-17(22)16(15-6-4-3-5-7-15)20-10-8-19(9-11-20)12-13-21/h3-7,14,16,21H,8-13H2,1-2H3,(H,18,22)/t16-/m0/s1. The monoisotopic (exact) mass is 305 g/mol.